The Morgan fingerprint density at radius 2 is 1.19 bits per heavy atom. The molecule has 3 heterocycles. The summed E-state index contributed by atoms with van der Waals surface area (Å²) in [5.41, 5.74) is 7.64. The number of nitrogens with zero attached hydrogens (tertiary/aromatic N) is 4. The molecule has 1 unspecified atom stereocenters. The number of likely N-dealkylation sites (N-methyl/N-ethyl adjacent to an activating group) is 1. The first kappa shape index (κ1) is 65.7. The molecule has 77 heavy (non-hydrogen) atoms. The van der Waals surface area contributed by atoms with E-state index in [9.17, 15) is 35.6 Å². The van der Waals surface area contributed by atoms with Gasteiger partial charge in [-0.15, -0.1) is 11.3 Å². The first-order chi connectivity index (χ1) is 37.1. The smallest absolute Gasteiger partial charge is 0.313 e. The van der Waals surface area contributed by atoms with Crippen LogP contribution in [0.5, 0.6) is 5.75 Å². The molecule has 2 aliphatic heterocycles. The molecular weight excluding hydrogens is 1070 g/mol. The molecule has 2 aliphatic rings. The molecule has 0 radical (unpaired) electrons. The van der Waals surface area contributed by atoms with E-state index in [-0.39, 0.29) is 38.9 Å². The van der Waals surface area contributed by atoms with Crippen LogP contribution in [0.4, 0.5) is 23.2 Å². The van der Waals surface area contributed by atoms with Crippen molar-refractivity contribution in [3.63, 3.8) is 0 Å². The minimum atomic E-state index is -5.65. The van der Waals surface area contributed by atoms with Crippen LogP contribution in [0.15, 0.2) is 21.5 Å². The highest BCUT2D eigenvalue weighted by molar-refractivity contribution is 7.85. The lowest BCUT2D eigenvalue weighted by Gasteiger charge is -2.24. The quantitative estimate of drug-likeness (QED) is 0.0180. The van der Waals surface area contributed by atoms with Crippen molar-refractivity contribution in [2.24, 2.45) is 10.7 Å². The molecule has 1 atom stereocenters. The Morgan fingerprint density at radius 1 is 0.727 bits per heavy atom. The summed E-state index contributed by atoms with van der Waals surface area (Å²) in [6.45, 7) is 15.3. The number of aliphatic imine (C=N–C) groups is 1. The van der Waals surface area contributed by atoms with E-state index in [4.69, 9.17) is 62.5 Å². The molecule has 22 nitrogen and oxygen atoms in total. The molecule has 1 aromatic carbocycles. The van der Waals surface area contributed by atoms with E-state index < -0.39 is 56.4 Å². The van der Waals surface area contributed by atoms with Crippen molar-refractivity contribution in [3.8, 4) is 5.75 Å². The summed E-state index contributed by atoms with van der Waals surface area (Å²) < 4.78 is 146. The topological polar surface area (TPSA) is 247 Å². The van der Waals surface area contributed by atoms with Gasteiger partial charge in [-0.05, 0) is 39.0 Å². The number of nitrogens with two attached hydrogens (primary N) is 1. The second kappa shape index (κ2) is 37.2. The molecule has 438 valence electrons. The van der Waals surface area contributed by atoms with Gasteiger partial charge in [0.15, 0.2) is 16.5 Å². The third kappa shape index (κ3) is 24.6. The predicted octanol–water partition coefficient (Wildman–Crippen LogP) is 4.18. The lowest BCUT2D eigenvalue weighted by atomic mass is 10.1. The SMILES string of the molecule is CCCN(OCC)C(=O)C1=Cc2sc(CN3CCC(N(C)CCOCCOCCOCCOCCOCCOCCOCCOCCOCCOCCC(=O)Oc4c(F)c(F)c(S(=O)(=O)O)c(F)c4F)C3)cc2N=C(N)C1. The van der Waals surface area contributed by atoms with Gasteiger partial charge < -0.3 is 57.8 Å². The molecule has 0 bridgehead atoms. The average Bonchev–Trinajstić information content (AvgIpc) is 3.99. The van der Waals surface area contributed by atoms with Gasteiger partial charge in [0.05, 0.1) is 156 Å². The summed E-state index contributed by atoms with van der Waals surface area (Å²) >= 11 is 1.66. The Kier molecular flexibility index (Phi) is 31.7. The normalized spacial score (nSPS) is 15.0. The third-order valence-corrected chi connectivity index (χ3v) is 13.2. The maximum atomic E-state index is 14.0. The zero-order chi connectivity index (χ0) is 55.8. The Bertz CT molecular complexity index is 2210. The van der Waals surface area contributed by atoms with Gasteiger partial charge in [0.1, 0.15) is 5.84 Å². The number of halogens is 4. The molecule has 1 amide bonds. The zero-order valence-electron chi connectivity index (χ0n) is 44.1. The van der Waals surface area contributed by atoms with Crippen LogP contribution in [0.1, 0.15) is 49.3 Å². The number of ether oxygens (including phenoxy) is 11. The molecular formula is C49H75F4N5O17S2. The molecule has 0 spiro atoms. The van der Waals surface area contributed by atoms with Crippen LogP contribution in [0.2, 0.25) is 0 Å². The summed E-state index contributed by atoms with van der Waals surface area (Å²) in [6.07, 6.45) is 3.51. The number of amidine groups is 1. The van der Waals surface area contributed by atoms with Gasteiger partial charge in [0.25, 0.3) is 5.91 Å². The zero-order valence-corrected chi connectivity index (χ0v) is 45.8. The van der Waals surface area contributed by atoms with E-state index in [2.05, 4.69) is 32.6 Å². The fraction of sp³-hybridized carbons (Fsp3) is 0.694. The van der Waals surface area contributed by atoms with Crippen molar-refractivity contribution in [1.29, 1.82) is 0 Å². The van der Waals surface area contributed by atoms with Gasteiger partial charge in [-0.3, -0.25) is 28.8 Å². The maximum Gasteiger partial charge on any atom is 0.313 e. The summed E-state index contributed by atoms with van der Waals surface area (Å²) in [5, 5.41) is 1.43. The van der Waals surface area contributed by atoms with Crippen molar-refractivity contribution in [2.75, 3.05) is 172 Å². The Labute approximate surface area is 451 Å². The van der Waals surface area contributed by atoms with Crippen LogP contribution in [0, 0.1) is 23.3 Å². The minimum Gasteiger partial charge on any atom is -0.420 e. The number of carbonyl (C=O) groups excluding carboxylic acids is 2. The number of hydrogen-bond acceptors (Lipinski definition) is 21. The van der Waals surface area contributed by atoms with Crippen LogP contribution in [-0.2, 0) is 78.5 Å². The number of amides is 1. The number of hydrogen-bond donors (Lipinski definition) is 2. The molecule has 0 saturated carbocycles. The van der Waals surface area contributed by atoms with Crippen LogP contribution >= 0.6 is 11.3 Å². The fourth-order valence-electron chi connectivity index (χ4n) is 7.43. The van der Waals surface area contributed by atoms with E-state index in [0.717, 1.165) is 49.6 Å². The molecule has 1 saturated heterocycles. The van der Waals surface area contributed by atoms with Gasteiger partial charge in [-0.1, -0.05) is 6.92 Å². The first-order valence-corrected chi connectivity index (χ1v) is 27.7. The average molecular weight is 1150 g/mol. The Hall–Kier alpha value is -3.82. The minimum absolute atomic E-state index is 0.0243. The number of rotatable bonds is 43. The van der Waals surface area contributed by atoms with E-state index >= 15 is 0 Å². The van der Waals surface area contributed by atoms with E-state index in [1.807, 2.05) is 19.9 Å². The first-order valence-electron chi connectivity index (χ1n) is 25.5. The molecule has 4 rings (SSSR count). The largest absolute Gasteiger partial charge is 0.420 e. The summed E-state index contributed by atoms with van der Waals surface area (Å²) in [7, 11) is -3.50. The Morgan fingerprint density at radius 3 is 1.65 bits per heavy atom. The lowest BCUT2D eigenvalue weighted by Crippen LogP contribution is -2.36. The Balaban J connectivity index is 0.846. The lowest BCUT2D eigenvalue weighted by molar-refractivity contribution is -0.180. The van der Waals surface area contributed by atoms with Crippen molar-refractivity contribution in [1.82, 2.24) is 14.9 Å². The number of thiophene rings is 1. The van der Waals surface area contributed by atoms with Crippen molar-refractivity contribution in [2.45, 2.75) is 57.0 Å². The second-order valence-electron chi connectivity index (χ2n) is 17.1. The van der Waals surface area contributed by atoms with Crippen LogP contribution in [-0.4, -0.2) is 224 Å². The highest BCUT2D eigenvalue weighted by Gasteiger charge is 2.34. The van der Waals surface area contributed by atoms with Gasteiger partial charge in [-0.2, -0.15) is 17.2 Å². The predicted molar refractivity (Wildman–Crippen MR) is 273 cm³/mol. The molecule has 0 aliphatic carbocycles. The number of fused-ring (bicyclic) bond motifs is 1. The number of hydroxylamine groups is 2. The summed E-state index contributed by atoms with van der Waals surface area (Å²) in [5.74, 6) is -12.4. The van der Waals surface area contributed by atoms with Gasteiger partial charge in [-0.25, -0.2) is 18.8 Å². The molecule has 1 aromatic heterocycles. The molecule has 28 heteroatoms. The van der Waals surface area contributed by atoms with Crippen LogP contribution < -0.4 is 10.5 Å². The maximum absolute atomic E-state index is 14.0. The number of likely N-dealkylation sites (tertiary alicyclic amines) is 1. The fourth-order valence-corrected chi connectivity index (χ4v) is 9.17. The molecule has 1 fully saturated rings. The van der Waals surface area contributed by atoms with Crippen molar-refractivity contribution in [3.05, 3.63) is 44.7 Å². The number of carbonyl (C=O) groups is 2. The van der Waals surface area contributed by atoms with Gasteiger partial charge in [0, 0.05) is 55.6 Å². The molecule has 3 N–H and O–H groups in total. The monoisotopic (exact) mass is 1150 g/mol. The summed E-state index contributed by atoms with van der Waals surface area (Å²) in [6, 6.07) is 2.53. The van der Waals surface area contributed by atoms with Crippen molar-refractivity contribution >= 4 is 50.9 Å². The summed E-state index contributed by atoms with van der Waals surface area (Å²) in [4.78, 5) is 40.0. The third-order valence-electron chi connectivity index (χ3n) is 11.2. The second-order valence-corrected chi connectivity index (χ2v) is 19.7. The highest BCUT2D eigenvalue weighted by Crippen LogP contribution is 2.36. The molecule has 2 aromatic rings. The van der Waals surface area contributed by atoms with Gasteiger partial charge in [0.2, 0.25) is 17.4 Å². The number of esters is 1. The van der Waals surface area contributed by atoms with E-state index in [1.165, 1.54) is 9.94 Å². The van der Waals surface area contributed by atoms with E-state index in [1.54, 1.807) is 11.3 Å². The van der Waals surface area contributed by atoms with Crippen molar-refractivity contribution < 1.29 is 97.1 Å². The van der Waals surface area contributed by atoms with Crippen LogP contribution in [0.3, 0.4) is 0 Å². The highest BCUT2D eigenvalue weighted by atomic mass is 32.2. The van der Waals surface area contributed by atoms with E-state index in [0.29, 0.717) is 136 Å². The number of benzene rings is 1. The van der Waals surface area contributed by atoms with Gasteiger partial charge >= 0.3 is 16.1 Å². The standard InChI is InChI=1S/C49H75F4N5O17S2/c1-4-8-58(74-5-2)49(60)36-31-40-39(55-41(54)32-36)33-38(76-40)35-57-9-6-37(34-57)56(3)10-12-65-14-16-67-18-20-69-22-24-71-26-28-73-30-29-72-27-25-70-23-21-68-19-17-66-15-13-64-11-7-42(59)75-47-43(50)45(52)48(77(61,62)63)46(53)44(47)51/h31,33,37H,4-30,32,34-35H2,1-3H3,(H2,54,55)(H,61,62,63). The van der Waals surface area contributed by atoms with Crippen LogP contribution in [0.25, 0.3) is 6.08 Å².